The van der Waals surface area contributed by atoms with E-state index < -0.39 is 0 Å². The van der Waals surface area contributed by atoms with E-state index in [1.807, 2.05) is 13.0 Å². The van der Waals surface area contributed by atoms with Crippen LogP contribution in [0, 0.1) is 25.6 Å². The number of hydrogen-bond acceptors (Lipinski definition) is 0. The minimum atomic E-state index is -0.174. The van der Waals surface area contributed by atoms with E-state index in [2.05, 4.69) is 31.2 Å². The first-order valence-corrected chi connectivity index (χ1v) is 7.49. The lowest BCUT2D eigenvalue weighted by Gasteiger charge is -2.17. The standard InChI is InChI=1S/C18H20ClF/c1-13-5-3-4-6-16(13)10-15(12-19)11-17-7-8-18(20)9-14(17)2/h3-9,15H,10-12H2,1-2H3. The van der Waals surface area contributed by atoms with Crippen LogP contribution in [0.25, 0.3) is 0 Å². The van der Waals surface area contributed by atoms with Crippen molar-refractivity contribution >= 4 is 11.6 Å². The number of hydrogen-bond donors (Lipinski definition) is 0. The number of halogens is 2. The third-order valence-electron chi connectivity index (χ3n) is 3.80. The monoisotopic (exact) mass is 290 g/mol. The van der Waals surface area contributed by atoms with Crippen LogP contribution in [0.3, 0.4) is 0 Å². The van der Waals surface area contributed by atoms with Crippen LogP contribution in [0.2, 0.25) is 0 Å². The zero-order chi connectivity index (χ0) is 14.5. The summed E-state index contributed by atoms with van der Waals surface area (Å²) >= 11 is 6.13. The Balaban J connectivity index is 2.11. The fourth-order valence-electron chi connectivity index (χ4n) is 2.53. The Bertz CT molecular complexity index is 577. The summed E-state index contributed by atoms with van der Waals surface area (Å²) < 4.78 is 13.1. The zero-order valence-electron chi connectivity index (χ0n) is 12.0. The van der Waals surface area contributed by atoms with Crippen LogP contribution in [0.5, 0.6) is 0 Å². The maximum absolute atomic E-state index is 13.1. The molecule has 0 N–H and O–H groups in total. The molecule has 0 aliphatic carbocycles. The highest BCUT2D eigenvalue weighted by molar-refractivity contribution is 6.18. The van der Waals surface area contributed by atoms with Gasteiger partial charge in [-0.3, -0.25) is 0 Å². The molecule has 20 heavy (non-hydrogen) atoms. The van der Waals surface area contributed by atoms with Crippen LogP contribution in [0.1, 0.15) is 22.3 Å². The van der Waals surface area contributed by atoms with E-state index in [-0.39, 0.29) is 5.82 Å². The van der Waals surface area contributed by atoms with E-state index in [0.717, 1.165) is 18.4 Å². The predicted molar refractivity (Wildman–Crippen MR) is 83.9 cm³/mol. The van der Waals surface area contributed by atoms with Gasteiger partial charge in [-0.2, -0.15) is 0 Å². The van der Waals surface area contributed by atoms with E-state index in [9.17, 15) is 4.39 Å². The SMILES string of the molecule is Cc1ccccc1CC(CCl)Cc1ccc(F)cc1C. The molecule has 2 aromatic rings. The van der Waals surface area contributed by atoms with Crippen LogP contribution in [-0.2, 0) is 12.8 Å². The Morgan fingerprint density at radius 1 is 0.950 bits per heavy atom. The molecule has 0 aliphatic heterocycles. The average molecular weight is 291 g/mol. The highest BCUT2D eigenvalue weighted by Crippen LogP contribution is 2.21. The maximum atomic E-state index is 13.1. The molecule has 0 aromatic heterocycles. The minimum absolute atomic E-state index is 0.174. The Hall–Kier alpha value is -1.34. The number of aryl methyl sites for hydroxylation is 2. The van der Waals surface area contributed by atoms with Crippen molar-refractivity contribution in [3.63, 3.8) is 0 Å². The third kappa shape index (κ3) is 3.83. The van der Waals surface area contributed by atoms with Gasteiger partial charge >= 0.3 is 0 Å². The van der Waals surface area contributed by atoms with Crippen molar-refractivity contribution in [1.82, 2.24) is 0 Å². The van der Waals surface area contributed by atoms with Gasteiger partial charge in [-0.1, -0.05) is 30.3 Å². The molecule has 0 amide bonds. The summed E-state index contributed by atoms with van der Waals surface area (Å²) in [5, 5.41) is 0. The fourth-order valence-corrected chi connectivity index (χ4v) is 2.75. The average Bonchev–Trinajstić information content (AvgIpc) is 2.43. The van der Waals surface area contributed by atoms with Crippen molar-refractivity contribution in [2.45, 2.75) is 26.7 Å². The topological polar surface area (TPSA) is 0 Å². The van der Waals surface area contributed by atoms with Gasteiger partial charge < -0.3 is 0 Å². The molecule has 0 fully saturated rings. The van der Waals surface area contributed by atoms with E-state index in [1.54, 1.807) is 6.07 Å². The molecule has 106 valence electrons. The van der Waals surface area contributed by atoms with Crippen molar-refractivity contribution in [3.8, 4) is 0 Å². The second kappa shape index (κ2) is 6.90. The summed E-state index contributed by atoms with van der Waals surface area (Å²) in [7, 11) is 0. The molecule has 0 saturated carbocycles. The van der Waals surface area contributed by atoms with Crippen molar-refractivity contribution < 1.29 is 4.39 Å². The summed E-state index contributed by atoms with van der Waals surface area (Å²) in [6, 6.07) is 13.4. The van der Waals surface area contributed by atoms with Gasteiger partial charge in [-0.05, 0) is 67.0 Å². The Kier molecular flexibility index (Phi) is 5.19. The Labute approximate surface area is 125 Å². The Morgan fingerprint density at radius 3 is 2.20 bits per heavy atom. The van der Waals surface area contributed by atoms with Crippen LogP contribution < -0.4 is 0 Å². The van der Waals surface area contributed by atoms with Gasteiger partial charge in [0.05, 0.1) is 0 Å². The van der Waals surface area contributed by atoms with Crippen molar-refractivity contribution in [2.75, 3.05) is 5.88 Å². The lowest BCUT2D eigenvalue weighted by molar-refractivity contribution is 0.577. The molecule has 1 unspecified atom stereocenters. The predicted octanol–water partition coefficient (Wildman–Crippen LogP) is 5.08. The molecule has 0 spiro atoms. The van der Waals surface area contributed by atoms with Gasteiger partial charge in [0.15, 0.2) is 0 Å². The van der Waals surface area contributed by atoms with Crippen molar-refractivity contribution in [1.29, 1.82) is 0 Å². The second-order valence-corrected chi connectivity index (χ2v) is 5.73. The molecule has 0 bridgehead atoms. The quantitative estimate of drug-likeness (QED) is 0.673. The van der Waals surface area contributed by atoms with E-state index >= 15 is 0 Å². The van der Waals surface area contributed by atoms with Crippen LogP contribution in [-0.4, -0.2) is 5.88 Å². The molecular formula is C18H20ClF. The smallest absolute Gasteiger partial charge is 0.123 e. The minimum Gasteiger partial charge on any atom is -0.207 e. The van der Waals surface area contributed by atoms with E-state index in [4.69, 9.17) is 11.6 Å². The fraction of sp³-hybridized carbons (Fsp3) is 0.333. The first kappa shape index (κ1) is 15.1. The summed E-state index contributed by atoms with van der Waals surface area (Å²) in [6.07, 6.45) is 1.86. The van der Waals surface area contributed by atoms with E-state index in [0.29, 0.717) is 11.8 Å². The van der Waals surface area contributed by atoms with Crippen molar-refractivity contribution in [2.24, 2.45) is 5.92 Å². The van der Waals surface area contributed by atoms with Gasteiger partial charge in [-0.15, -0.1) is 11.6 Å². The van der Waals surface area contributed by atoms with Crippen LogP contribution >= 0.6 is 11.6 Å². The molecule has 0 saturated heterocycles. The Morgan fingerprint density at radius 2 is 1.60 bits per heavy atom. The van der Waals surface area contributed by atoms with Crippen molar-refractivity contribution in [3.05, 3.63) is 70.5 Å². The highest BCUT2D eigenvalue weighted by Gasteiger charge is 2.12. The van der Waals surface area contributed by atoms with Crippen LogP contribution in [0.4, 0.5) is 4.39 Å². The molecule has 1 atom stereocenters. The summed E-state index contributed by atoms with van der Waals surface area (Å²) in [5.41, 5.74) is 4.84. The lowest BCUT2D eigenvalue weighted by atomic mass is 9.90. The molecule has 0 aliphatic rings. The molecule has 0 radical (unpaired) electrons. The van der Waals surface area contributed by atoms with Gasteiger partial charge in [0.2, 0.25) is 0 Å². The lowest BCUT2D eigenvalue weighted by Crippen LogP contribution is -2.12. The summed E-state index contributed by atoms with van der Waals surface area (Å²) in [4.78, 5) is 0. The maximum Gasteiger partial charge on any atom is 0.123 e. The first-order chi connectivity index (χ1) is 9.60. The number of benzene rings is 2. The molecular weight excluding hydrogens is 271 g/mol. The molecule has 2 heteroatoms. The molecule has 0 heterocycles. The van der Waals surface area contributed by atoms with Gasteiger partial charge in [0.1, 0.15) is 5.82 Å². The number of rotatable bonds is 5. The highest BCUT2D eigenvalue weighted by atomic mass is 35.5. The zero-order valence-corrected chi connectivity index (χ0v) is 12.8. The summed E-state index contributed by atoms with van der Waals surface area (Å²) in [6.45, 7) is 4.08. The molecule has 2 aromatic carbocycles. The molecule has 2 rings (SSSR count). The van der Waals surface area contributed by atoms with E-state index in [1.165, 1.54) is 22.8 Å². The normalized spacial score (nSPS) is 12.4. The summed E-state index contributed by atoms with van der Waals surface area (Å²) in [5.74, 6) is 0.819. The van der Waals surface area contributed by atoms with Gasteiger partial charge in [0, 0.05) is 5.88 Å². The molecule has 0 nitrogen and oxygen atoms in total. The largest absolute Gasteiger partial charge is 0.207 e. The number of alkyl halides is 1. The first-order valence-electron chi connectivity index (χ1n) is 6.95. The van der Waals surface area contributed by atoms with Crippen LogP contribution in [0.15, 0.2) is 42.5 Å². The van der Waals surface area contributed by atoms with Gasteiger partial charge in [-0.25, -0.2) is 4.39 Å². The second-order valence-electron chi connectivity index (χ2n) is 5.43. The van der Waals surface area contributed by atoms with Gasteiger partial charge in [0.25, 0.3) is 0 Å². The third-order valence-corrected chi connectivity index (χ3v) is 4.24.